The summed E-state index contributed by atoms with van der Waals surface area (Å²) >= 11 is 0. The van der Waals surface area contributed by atoms with Crippen LogP contribution in [0.15, 0.2) is 48.5 Å². The number of ether oxygens (including phenoxy) is 2. The minimum absolute atomic E-state index is 0.0507. The van der Waals surface area contributed by atoms with Gasteiger partial charge in [0, 0.05) is 25.6 Å². The molecule has 1 fully saturated rings. The SMILES string of the molecule is CC(C)(C)OC(=O)CN1CC(NC(=O)NCCCC[C@@H](NC(=O)OCC2c3ccccc3-c3ccccc32)C(=O)O)C1. The lowest BCUT2D eigenvalue weighted by Crippen LogP contribution is -2.61. The standard InChI is InChI=1S/C31H40N4O7/c1-31(2,3)42-27(36)18-35-16-20(17-35)33-29(39)32-15-9-8-14-26(28(37)38)34-30(40)41-19-25-23-12-6-4-10-21(23)22-11-5-7-13-24(22)25/h4-7,10-13,20,25-26H,8-9,14-19H2,1-3H3,(H,34,40)(H,37,38)(H2,32,33,39)/t26-/m1/s1. The molecule has 226 valence electrons. The maximum absolute atomic E-state index is 12.5. The second-order valence-corrected chi connectivity index (χ2v) is 11.7. The fourth-order valence-corrected chi connectivity index (χ4v) is 5.30. The zero-order valence-corrected chi connectivity index (χ0v) is 24.4. The Labute approximate surface area is 245 Å². The first kappa shape index (κ1) is 30.8. The summed E-state index contributed by atoms with van der Waals surface area (Å²) in [6.45, 7) is 7.23. The van der Waals surface area contributed by atoms with Crippen molar-refractivity contribution in [1.29, 1.82) is 0 Å². The summed E-state index contributed by atoms with van der Waals surface area (Å²) in [6.07, 6.45) is 0.445. The van der Waals surface area contributed by atoms with Gasteiger partial charge in [0.1, 0.15) is 18.2 Å². The number of urea groups is 1. The van der Waals surface area contributed by atoms with E-state index in [1.807, 2.05) is 74.2 Å². The Balaban J connectivity index is 1.11. The minimum Gasteiger partial charge on any atom is -0.480 e. The van der Waals surface area contributed by atoms with E-state index in [1.165, 1.54) is 0 Å². The highest BCUT2D eigenvalue weighted by molar-refractivity contribution is 5.81. The zero-order valence-electron chi connectivity index (χ0n) is 24.4. The first-order chi connectivity index (χ1) is 20.0. The normalized spacial score (nSPS) is 15.5. The van der Waals surface area contributed by atoms with E-state index in [1.54, 1.807) is 0 Å². The van der Waals surface area contributed by atoms with Crippen LogP contribution in [-0.4, -0.2) is 84.5 Å². The molecule has 0 saturated carbocycles. The summed E-state index contributed by atoms with van der Waals surface area (Å²) in [6, 6.07) is 14.5. The first-order valence-electron chi connectivity index (χ1n) is 14.3. The molecule has 0 radical (unpaired) electrons. The van der Waals surface area contributed by atoms with Crippen molar-refractivity contribution in [3.63, 3.8) is 0 Å². The van der Waals surface area contributed by atoms with Gasteiger partial charge in [0.2, 0.25) is 0 Å². The number of esters is 1. The highest BCUT2D eigenvalue weighted by Crippen LogP contribution is 2.44. The van der Waals surface area contributed by atoms with Crippen LogP contribution in [0.4, 0.5) is 9.59 Å². The number of likely N-dealkylation sites (tertiary alicyclic amines) is 1. The highest BCUT2D eigenvalue weighted by Gasteiger charge is 2.31. The highest BCUT2D eigenvalue weighted by atomic mass is 16.6. The third kappa shape index (κ3) is 8.45. The minimum atomic E-state index is -1.14. The molecule has 0 unspecified atom stereocenters. The second kappa shape index (κ2) is 13.7. The predicted molar refractivity (Wildman–Crippen MR) is 156 cm³/mol. The number of amides is 3. The van der Waals surface area contributed by atoms with Crippen LogP contribution in [0.3, 0.4) is 0 Å². The largest absolute Gasteiger partial charge is 0.480 e. The Morgan fingerprint density at radius 3 is 2.19 bits per heavy atom. The molecule has 2 aromatic carbocycles. The van der Waals surface area contributed by atoms with Gasteiger partial charge in [-0.1, -0.05) is 48.5 Å². The molecule has 1 saturated heterocycles. The number of fused-ring (bicyclic) bond motifs is 3. The van der Waals surface area contributed by atoms with Crippen molar-refractivity contribution in [2.24, 2.45) is 0 Å². The number of hydrogen-bond acceptors (Lipinski definition) is 7. The van der Waals surface area contributed by atoms with Gasteiger partial charge in [-0.15, -0.1) is 0 Å². The molecule has 11 heteroatoms. The third-order valence-electron chi connectivity index (χ3n) is 7.20. The van der Waals surface area contributed by atoms with Crippen molar-refractivity contribution in [1.82, 2.24) is 20.9 Å². The number of nitrogens with one attached hydrogen (secondary N) is 3. The molecule has 0 aromatic heterocycles. The molecular formula is C31H40N4O7. The molecular weight excluding hydrogens is 540 g/mol. The second-order valence-electron chi connectivity index (χ2n) is 11.7. The van der Waals surface area contributed by atoms with E-state index in [0.29, 0.717) is 32.5 Å². The van der Waals surface area contributed by atoms with E-state index >= 15 is 0 Å². The molecule has 11 nitrogen and oxygen atoms in total. The maximum atomic E-state index is 12.5. The number of aliphatic carboxylic acids is 1. The summed E-state index contributed by atoms with van der Waals surface area (Å²) in [7, 11) is 0. The average Bonchev–Trinajstić information content (AvgIpc) is 3.22. The predicted octanol–water partition coefficient (Wildman–Crippen LogP) is 3.47. The molecule has 1 atom stereocenters. The number of nitrogens with zero attached hydrogens (tertiary/aromatic N) is 1. The van der Waals surface area contributed by atoms with Gasteiger partial charge in [-0.2, -0.15) is 0 Å². The van der Waals surface area contributed by atoms with Gasteiger partial charge in [0.15, 0.2) is 0 Å². The van der Waals surface area contributed by atoms with Crippen LogP contribution in [0.5, 0.6) is 0 Å². The van der Waals surface area contributed by atoms with Crippen LogP contribution in [0.1, 0.15) is 57.1 Å². The fourth-order valence-electron chi connectivity index (χ4n) is 5.30. The summed E-state index contributed by atoms with van der Waals surface area (Å²) in [5.74, 6) is -1.55. The zero-order chi connectivity index (χ0) is 30.3. The van der Waals surface area contributed by atoms with Gasteiger partial charge in [-0.3, -0.25) is 9.69 Å². The number of hydrogen-bond donors (Lipinski definition) is 4. The molecule has 0 bridgehead atoms. The van der Waals surface area contributed by atoms with Crippen molar-refractivity contribution < 1.29 is 33.8 Å². The van der Waals surface area contributed by atoms with Gasteiger partial charge in [0.05, 0.1) is 12.6 Å². The number of carboxylic acid groups (broad SMARTS) is 1. The molecule has 4 N–H and O–H groups in total. The molecule has 1 aliphatic heterocycles. The van der Waals surface area contributed by atoms with E-state index in [9.17, 15) is 24.3 Å². The van der Waals surface area contributed by atoms with Crippen molar-refractivity contribution in [3.05, 3.63) is 59.7 Å². The Bertz CT molecular complexity index is 1240. The van der Waals surface area contributed by atoms with Gasteiger partial charge in [0.25, 0.3) is 0 Å². The summed E-state index contributed by atoms with van der Waals surface area (Å²) in [5, 5.41) is 17.7. The van der Waals surface area contributed by atoms with Crippen LogP contribution in [0, 0.1) is 0 Å². The van der Waals surface area contributed by atoms with E-state index in [4.69, 9.17) is 9.47 Å². The number of benzene rings is 2. The lowest BCUT2D eigenvalue weighted by atomic mass is 9.98. The molecule has 42 heavy (non-hydrogen) atoms. The molecule has 1 aliphatic carbocycles. The smallest absolute Gasteiger partial charge is 0.407 e. The maximum Gasteiger partial charge on any atom is 0.407 e. The number of alkyl carbamates (subject to hydrolysis) is 1. The lowest BCUT2D eigenvalue weighted by molar-refractivity contribution is -0.157. The summed E-state index contributed by atoms with van der Waals surface area (Å²) < 4.78 is 10.8. The third-order valence-corrected chi connectivity index (χ3v) is 7.20. The van der Waals surface area contributed by atoms with E-state index in [-0.39, 0.29) is 43.5 Å². The van der Waals surface area contributed by atoms with Crippen LogP contribution >= 0.6 is 0 Å². The molecule has 1 heterocycles. The fraction of sp³-hybridized carbons (Fsp3) is 0.484. The molecule has 0 spiro atoms. The summed E-state index contributed by atoms with van der Waals surface area (Å²) in [4.78, 5) is 50.2. The lowest BCUT2D eigenvalue weighted by Gasteiger charge is -2.39. The Morgan fingerprint density at radius 1 is 0.976 bits per heavy atom. The number of unbranched alkanes of at least 4 members (excludes halogenated alkanes) is 1. The van der Waals surface area contributed by atoms with E-state index in [0.717, 1.165) is 22.3 Å². The van der Waals surface area contributed by atoms with Crippen LogP contribution in [0.2, 0.25) is 0 Å². The molecule has 4 rings (SSSR count). The van der Waals surface area contributed by atoms with Crippen LogP contribution in [0.25, 0.3) is 11.1 Å². The summed E-state index contributed by atoms with van der Waals surface area (Å²) in [5.41, 5.74) is 3.85. The van der Waals surface area contributed by atoms with Gasteiger partial charge in [-0.05, 0) is 62.3 Å². The Morgan fingerprint density at radius 2 is 1.60 bits per heavy atom. The molecule has 2 aliphatic rings. The quantitative estimate of drug-likeness (QED) is 0.221. The van der Waals surface area contributed by atoms with Crippen LogP contribution < -0.4 is 16.0 Å². The number of carbonyl (C=O) groups is 4. The number of carbonyl (C=O) groups excluding carboxylic acids is 3. The van der Waals surface area contributed by atoms with E-state index < -0.39 is 23.7 Å². The average molecular weight is 581 g/mol. The van der Waals surface area contributed by atoms with Crippen molar-refractivity contribution in [2.45, 2.75) is 63.6 Å². The Kier molecular flexibility index (Phi) is 10.1. The van der Waals surface area contributed by atoms with Crippen molar-refractivity contribution in [3.8, 4) is 11.1 Å². The van der Waals surface area contributed by atoms with Crippen LogP contribution in [-0.2, 0) is 19.1 Å². The van der Waals surface area contributed by atoms with Gasteiger partial charge >= 0.3 is 24.1 Å². The van der Waals surface area contributed by atoms with Crippen molar-refractivity contribution in [2.75, 3.05) is 32.8 Å². The number of carboxylic acids is 1. The number of rotatable bonds is 12. The monoisotopic (exact) mass is 580 g/mol. The molecule has 2 aromatic rings. The molecule has 3 amide bonds. The van der Waals surface area contributed by atoms with Gasteiger partial charge < -0.3 is 30.5 Å². The van der Waals surface area contributed by atoms with E-state index in [2.05, 4.69) is 16.0 Å². The Hall–Kier alpha value is -4.12. The van der Waals surface area contributed by atoms with Gasteiger partial charge in [-0.25, -0.2) is 14.4 Å². The van der Waals surface area contributed by atoms with Crippen molar-refractivity contribution >= 4 is 24.1 Å². The first-order valence-corrected chi connectivity index (χ1v) is 14.3. The topological polar surface area (TPSA) is 146 Å².